The first kappa shape index (κ1) is 14.1. The highest BCUT2D eigenvalue weighted by Crippen LogP contribution is 2.55. The standard InChI is InChI=1S/C18H21NO2/c1-12(2)9-10-18(14-6-7-14)16-11-13(3)5-8-15(16)17(20)19(18)21-4/h5,8-11,14H,1,6-7H2,2-4H3/b10-9+/t18-/m1/s1. The minimum atomic E-state index is -0.480. The summed E-state index contributed by atoms with van der Waals surface area (Å²) in [4.78, 5) is 18.2. The van der Waals surface area contributed by atoms with Crippen LogP contribution in [-0.2, 0) is 10.4 Å². The van der Waals surface area contributed by atoms with Gasteiger partial charge < -0.3 is 0 Å². The van der Waals surface area contributed by atoms with Crippen molar-refractivity contribution >= 4 is 5.91 Å². The molecule has 0 unspecified atom stereocenters. The summed E-state index contributed by atoms with van der Waals surface area (Å²) in [5.74, 6) is 0.366. The largest absolute Gasteiger partial charge is 0.278 e. The predicted octanol–water partition coefficient (Wildman–Crippen LogP) is 3.75. The average molecular weight is 283 g/mol. The highest BCUT2D eigenvalue weighted by atomic mass is 16.7. The number of amides is 1. The van der Waals surface area contributed by atoms with E-state index >= 15 is 0 Å². The van der Waals surface area contributed by atoms with E-state index in [-0.39, 0.29) is 5.91 Å². The molecule has 0 spiro atoms. The van der Waals surface area contributed by atoms with Crippen molar-refractivity contribution < 1.29 is 9.63 Å². The molecule has 0 saturated heterocycles. The molecule has 0 radical (unpaired) electrons. The molecule has 1 heterocycles. The lowest BCUT2D eigenvalue weighted by atomic mass is 9.84. The number of hydrogen-bond acceptors (Lipinski definition) is 2. The fourth-order valence-electron chi connectivity index (χ4n) is 3.27. The third kappa shape index (κ3) is 2.04. The number of carbonyl (C=O) groups excluding carboxylic acids is 1. The molecule has 1 aromatic rings. The van der Waals surface area contributed by atoms with Crippen molar-refractivity contribution in [1.82, 2.24) is 5.06 Å². The summed E-state index contributed by atoms with van der Waals surface area (Å²) in [6.45, 7) is 7.96. The van der Waals surface area contributed by atoms with Crippen molar-refractivity contribution in [2.24, 2.45) is 5.92 Å². The third-order valence-corrected chi connectivity index (χ3v) is 4.36. The summed E-state index contributed by atoms with van der Waals surface area (Å²) in [7, 11) is 1.57. The maximum Gasteiger partial charge on any atom is 0.278 e. The van der Waals surface area contributed by atoms with E-state index in [0.717, 1.165) is 35.1 Å². The molecule has 21 heavy (non-hydrogen) atoms. The first-order valence-electron chi connectivity index (χ1n) is 7.35. The van der Waals surface area contributed by atoms with Crippen molar-refractivity contribution in [3.63, 3.8) is 0 Å². The number of hydroxylamine groups is 2. The highest BCUT2D eigenvalue weighted by molar-refractivity contribution is 6.00. The molecule has 3 rings (SSSR count). The van der Waals surface area contributed by atoms with Crippen LogP contribution in [0, 0.1) is 12.8 Å². The number of carbonyl (C=O) groups is 1. The fraction of sp³-hybridized carbons (Fsp3) is 0.389. The van der Waals surface area contributed by atoms with Gasteiger partial charge in [-0.25, -0.2) is 5.06 Å². The molecule has 0 aromatic heterocycles. The van der Waals surface area contributed by atoms with Gasteiger partial charge in [0.05, 0.1) is 7.11 Å². The zero-order valence-electron chi connectivity index (χ0n) is 12.8. The van der Waals surface area contributed by atoms with Gasteiger partial charge in [-0.2, -0.15) is 0 Å². The molecule has 1 aliphatic heterocycles. The van der Waals surface area contributed by atoms with E-state index in [1.807, 2.05) is 25.1 Å². The maximum absolute atomic E-state index is 12.7. The molecule has 1 aromatic carbocycles. The summed E-state index contributed by atoms with van der Waals surface area (Å²) in [6.07, 6.45) is 6.32. The van der Waals surface area contributed by atoms with Crippen LogP contribution in [-0.4, -0.2) is 18.1 Å². The molecule has 110 valence electrons. The quantitative estimate of drug-likeness (QED) is 0.788. The van der Waals surface area contributed by atoms with E-state index in [4.69, 9.17) is 4.84 Å². The normalized spacial score (nSPS) is 24.7. The summed E-state index contributed by atoms with van der Waals surface area (Å²) in [5.41, 5.74) is 3.47. The lowest BCUT2D eigenvalue weighted by molar-refractivity contribution is -0.150. The van der Waals surface area contributed by atoms with Crippen LogP contribution in [0.25, 0.3) is 0 Å². The van der Waals surface area contributed by atoms with Crippen LogP contribution in [0.4, 0.5) is 0 Å². The van der Waals surface area contributed by atoms with Crippen LogP contribution in [0.5, 0.6) is 0 Å². The molecule has 1 atom stereocenters. The van der Waals surface area contributed by atoms with Crippen molar-refractivity contribution in [2.45, 2.75) is 32.2 Å². The zero-order chi connectivity index (χ0) is 15.2. The zero-order valence-corrected chi connectivity index (χ0v) is 12.8. The van der Waals surface area contributed by atoms with E-state index in [1.54, 1.807) is 12.2 Å². The Balaban J connectivity index is 2.23. The first-order chi connectivity index (χ1) is 10.0. The van der Waals surface area contributed by atoms with Crippen LogP contribution in [0.15, 0.2) is 42.5 Å². The molecule has 1 aliphatic carbocycles. The molecule has 2 aliphatic rings. The van der Waals surface area contributed by atoms with Crippen molar-refractivity contribution in [3.8, 4) is 0 Å². The van der Waals surface area contributed by atoms with Crippen LogP contribution in [0.1, 0.15) is 41.3 Å². The van der Waals surface area contributed by atoms with Gasteiger partial charge in [0.1, 0.15) is 5.54 Å². The van der Waals surface area contributed by atoms with E-state index in [2.05, 4.69) is 25.6 Å². The van der Waals surface area contributed by atoms with Gasteiger partial charge in [-0.3, -0.25) is 9.63 Å². The number of benzene rings is 1. The van der Waals surface area contributed by atoms with Crippen molar-refractivity contribution in [2.75, 3.05) is 7.11 Å². The summed E-state index contributed by atoms with van der Waals surface area (Å²) in [5, 5.41) is 1.55. The van der Waals surface area contributed by atoms with Crippen LogP contribution in [0.2, 0.25) is 0 Å². The second-order valence-corrected chi connectivity index (χ2v) is 6.11. The van der Waals surface area contributed by atoms with Crippen molar-refractivity contribution in [1.29, 1.82) is 0 Å². The molecule has 0 bridgehead atoms. The topological polar surface area (TPSA) is 29.5 Å². The molecule has 1 amide bonds. The molecule has 1 fully saturated rings. The Hall–Kier alpha value is -1.87. The molecular weight excluding hydrogens is 262 g/mol. The van der Waals surface area contributed by atoms with Crippen LogP contribution >= 0.6 is 0 Å². The van der Waals surface area contributed by atoms with Gasteiger partial charge >= 0.3 is 0 Å². The lowest BCUT2D eigenvalue weighted by Gasteiger charge is -2.35. The Labute approximate surface area is 125 Å². The van der Waals surface area contributed by atoms with Gasteiger partial charge in [-0.15, -0.1) is 0 Å². The Kier molecular flexibility index (Phi) is 3.25. The van der Waals surface area contributed by atoms with E-state index in [0.29, 0.717) is 5.92 Å². The fourth-order valence-corrected chi connectivity index (χ4v) is 3.27. The number of aryl methyl sites for hydroxylation is 1. The predicted molar refractivity (Wildman–Crippen MR) is 82.7 cm³/mol. The third-order valence-electron chi connectivity index (χ3n) is 4.36. The number of fused-ring (bicyclic) bond motifs is 1. The molecular formula is C18H21NO2. The maximum atomic E-state index is 12.7. The molecule has 1 saturated carbocycles. The number of rotatable bonds is 4. The molecule has 3 nitrogen and oxygen atoms in total. The minimum absolute atomic E-state index is 0.0502. The highest BCUT2D eigenvalue weighted by Gasteiger charge is 2.57. The lowest BCUT2D eigenvalue weighted by Crippen LogP contribution is -2.43. The second kappa shape index (κ2) is 4.85. The van der Waals surface area contributed by atoms with E-state index in [1.165, 1.54) is 0 Å². The summed E-state index contributed by atoms with van der Waals surface area (Å²) < 4.78 is 0. The number of nitrogens with zero attached hydrogens (tertiary/aromatic N) is 1. The van der Waals surface area contributed by atoms with Gasteiger partial charge in [-0.1, -0.05) is 42.0 Å². The van der Waals surface area contributed by atoms with Gasteiger partial charge in [0.2, 0.25) is 0 Å². The number of allylic oxidation sites excluding steroid dienone is 2. The number of hydrogen-bond donors (Lipinski definition) is 0. The monoisotopic (exact) mass is 283 g/mol. The SMILES string of the molecule is C=C(C)/C=C/[C@@]1(C2CC2)c2cc(C)ccc2C(=O)N1OC. The van der Waals surface area contributed by atoms with Crippen LogP contribution in [0.3, 0.4) is 0 Å². The van der Waals surface area contributed by atoms with E-state index in [9.17, 15) is 4.79 Å². The molecule has 0 N–H and O–H groups in total. The minimum Gasteiger partial charge on any atom is -0.273 e. The smallest absolute Gasteiger partial charge is 0.273 e. The second-order valence-electron chi connectivity index (χ2n) is 6.11. The van der Waals surface area contributed by atoms with Gasteiger partial charge in [0.15, 0.2) is 0 Å². The Morgan fingerprint density at radius 1 is 1.48 bits per heavy atom. The van der Waals surface area contributed by atoms with Crippen LogP contribution < -0.4 is 0 Å². The Bertz CT molecular complexity index is 643. The first-order valence-corrected chi connectivity index (χ1v) is 7.35. The van der Waals surface area contributed by atoms with E-state index < -0.39 is 5.54 Å². The summed E-state index contributed by atoms with van der Waals surface area (Å²) >= 11 is 0. The van der Waals surface area contributed by atoms with Crippen molar-refractivity contribution in [3.05, 3.63) is 59.2 Å². The van der Waals surface area contributed by atoms with Gasteiger partial charge in [-0.05, 0) is 44.2 Å². The Morgan fingerprint density at radius 3 is 2.76 bits per heavy atom. The average Bonchev–Trinajstić information content (AvgIpc) is 3.24. The van der Waals surface area contributed by atoms with Gasteiger partial charge in [0, 0.05) is 5.56 Å². The van der Waals surface area contributed by atoms with Gasteiger partial charge in [0.25, 0.3) is 5.91 Å². The molecule has 3 heteroatoms. The summed E-state index contributed by atoms with van der Waals surface area (Å²) in [6, 6.07) is 6.01. The Morgan fingerprint density at radius 2 is 2.19 bits per heavy atom.